The summed E-state index contributed by atoms with van der Waals surface area (Å²) in [6.07, 6.45) is 1.98. The van der Waals surface area contributed by atoms with E-state index in [4.69, 9.17) is 14.6 Å². The van der Waals surface area contributed by atoms with E-state index < -0.39 is 5.97 Å². The summed E-state index contributed by atoms with van der Waals surface area (Å²) in [6, 6.07) is 0. The zero-order valence-electron chi connectivity index (χ0n) is 11.4. The number of hydrogen-bond acceptors (Lipinski definition) is 4. The average Bonchev–Trinajstić information content (AvgIpc) is 2.71. The minimum absolute atomic E-state index is 0.301. The van der Waals surface area contributed by atoms with E-state index in [2.05, 4.69) is 4.98 Å². The lowest BCUT2D eigenvalue weighted by molar-refractivity contribution is -0.142. The topological polar surface area (TPSA) is 73.6 Å². The molecule has 0 saturated heterocycles. The van der Waals surface area contributed by atoms with Crippen LogP contribution in [0.4, 0.5) is 0 Å². The van der Waals surface area contributed by atoms with Crippen molar-refractivity contribution in [2.75, 3.05) is 20.3 Å². The van der Waals surface area contributed by atoms with Gasteiger partial charge in [0.15, 0.2) is 0 Å². The van der Waals surface area contributed by atoms with Crippen molar-refractivity contribution in [3.63, 3.8) is 0 Å². The highest BCUT2D eigenvalue weighted by molar-refractivity contribution is 5.70. The number of carboxylic acid groups (broad SMARTS) is 1. The Bertz CT molecular complexity index is 456. The van der Waals surface area contributed by atoms with E-state index >= 15 is 0 Å². The molecule has 106 valence electrons. The summed E-state index contributed by atoms with van der Waals surface area (Å²) in [4.78, 5) is 15.5. The first-order valence-corrected chi connectivity index (χ1v) is 6.46. The van der Waals surface area contributed by atoms with E-state index in [9.17, 15) is 4.79 Å². The van der Waals surface area contributed by atoms with Crippen LogP contribution in [0.5, 0.6) is 0 Å². The zero-order valence-corrected chi connectivity index (χ0v) is 11.4. The second kappa shape index (κ2) is 6.16. The first kappa shape index (κ1) is 14.0. The van der Waals surface area contributed by atoms with Crippen molar-refractivity contribution in [3.8, 4) is 0 Å². The summed E-state index contributed by atoms with van der Waals surface area (Å²) in [5.41, 5.74) is 2.05. The highest BCUT2D eigenvalue weighted by Crippen LogP contribution is 2.26. The van der Waals surface area contributed by atoms with Gasteiger partial charge in [-0.2, -0.15) is 0 Å². The molecule has 0 bridgehead atoms. The standard InChI is InChI=1S/C13H20N2O4/c1-15-11-4-3-9(13(16)17)7-10(11)14-12(15)8-19-6-5-18-2/h9H,3-8H2,1-2H3,(H,16,17). The van der Waals surface area contributed by atoms with Crippen LogP contribution in [0.2, 0.25) is 0 Å². The molecule has 2 rings (SSSR count). The Labute approximate surface area is 112 Å². The number of imidazole rings is 1. The number of rotatable bonds is 6. The van der Waals surface area contributed by atoms with Crippen LogP contribution in [0, 0.1) is 5.92 Å². The molecule has 1 unspecified atom stereocenters. The lowest BCUT2D eigenvalue weighted by Crippen LogP contribution is -2.22. The molecule has 0 aliphatic heterocycles. The van der Waals surface area contributed by atoms with Crippen molar-refractivity contribution in [1.82, 2.24) is 9.55 Å². The van der Waals surface area contributed by atoms with Gasteiger partial charge in [0.25, 0.3) is 0 Å². The van der Waals surface area contributed by atoms with Crippen LogP contribution >= 0.6 is 0 Å². The molecule has 1 heterocycles. The summed E-state index contributed by atoms with van der Waals surface area (Å²) in [7, 11) is 3.59. The molecule has 0 fully saturated rings. The number of carboxylic acids is 1. The second-order valence-corrected chi connectivity index (χ2v) is 4.80. The van der Waals surface area contributed by atoms with Crippen LogP contribution < -0.4 is 0 Å². The largest absolute Gasteiger partial charge is 0.481 e. The Kier molecular flexibility index (Phi) is 4.55. The zero-order chi connectivity index (χ0) is 13.8. The Morgan fingerprint density at radius 2 is 2.32 bits per heavy atom. The minimum Gasteiger partial charge on any atom is -0.481 e. The van der Waals surface area contributed by atoms with Gasteiger partial charge >= 0.3 is 5.97 Å². The molecule has 1 aromatic heterocycles. The van der Waals surface area contributed by atoms with E-state index in [0.717, 1.165) is 23.6 Å². The highest BCUT2D eigenvalue weighted by atomic mass is 16.5. The highest BCUT2D eigenvalue weighted by Gasteiger charge is 2.28. The maximum Gasteiger partial charge on any atom is 0.306 e. The third kappa shape index (κ3) is 3.13. The lowest BCUT2D eigenvalue weighted by atomic mass is 9.90. The Morgan fingerprint density at radius 1 is 1.53 bits per heavy atom. The number of aliphatic carboxylic acids is 1. The normalized spacial score (nSPS) is 18.3. The van der Waals surface area contributed by atoms with Crippen molar-refractivity contribution in [2.24, 2.45) is 13.0 Å². The monoisotopic (exact) mass is 268 g/mol. The molecule has 1 aliphatic carbocycles. The van der Waals surface area contributed by atoms with Gasteiger partial charge in [-0.15, -0.1) is 0 Å². The Morgan fingerprint density at radius 3 is 3.00 bits per heavy atom. The molecule has 1 N–H and O–H groups in total. The fourth-order valence-corrected chi connectivity index (χ4v) is 2.41. The molecule has 0 spiro atoms. The van der Waals surface area contributed by atoms with Crippen LogP contribution in [0.1, 0.15) is 23.6 Å². The maximum absolute atomic E-state index is 11.0. The summed E-state index contributed by atoms with van der Waals surface area (Å²) in [5, 5.41) is 9.07. The number of aromatic nitrogens is 2. The summed E-state index contributed by atoms with van der Waals surface area (Å²) in [5.74, 6) is -0.175. The summed E-state index contributed by atoms with van der Waals surface area (Å²) < 4.78 is 12.4. The molecule has 0 amide bonds. The number of fused-ring (bicyclic) bond motifs is 1. The smallest absolute Gasteiger partial charge is 0.306 e. The molecular weight excluding hydrogens is 248 g/mol. The number of ether oxygens (including phenoxy) is 2. The predicted molar refractivity (Wildman–Crippen MR) is 67.9 cm³/mol. The van der Waals surface area contributed by atoms with Gasteiger partial charge in [-0.05, 0) is 12.8 Å². The van der Waals surface area contributed by atoms with Gasteiger partial charge in [0.1, 0.15) is 12.4 Å². The van der Waals surface area contributed by atoms with E-state index in [1.54, 1.807) is 7.11 Å². The third-order valence-electron chi connectivity index (χ3n) is 3.57. The molecule has 6 nitrogen and oxygen atoms in total. The van der Waals surface area contributed by atoms with Crippen molar-refractivity contribution >= 4 is 5.97 Å². The lowest BCUT2D eigenvalue weighted by Gasteiger charge is -2.18. The van der Waals surface area contributed by atoms with Crippen molar-refractivity contribution in [3.05, 3.63) is 17.2 Å². The van der Waals surface area contributed by atoms with Crippen LogP contribution in [-0.2, 0) is 40.8 Å². The molecule has 19 heavy (non-hydrogen) atoms. The van der Waals surface area contributed by atoms with E-state index in [0.29, 0.717) is 32.7 Å². The van der Waals surface area contributed by atoms with Crippen LogP contribution in [0.25, 0.3) is 0 Å². The average molecular weight is 268 g/mol. The molecule has 6 heteroatoms. The van der Waals surface area contributed by atoms with Gasteiger partial charge in [0, 0.05) is 26.3 Å². The summed E-state index contributed by atoms with van der Waals surface area (Å²) >= 11 is 0. The van der Waals surface area contributed by atoms with E-state index in [1.807, 2.05) is 11.6 Å². The van der Waals surface area contributed by atoms with Crippen LogP contribution in [0.15, 0.2) is 0 Å². The van der Waals surface area contributed by atoms with Gasteiger partial charge in [0.2, 0.25) is 0 Å². The number of carbonyl (C=O) groups is 1. The maximum atomic E-state index is 11.0. The quantitative estimate of drug-likeness (QED) is 0.771. The van der Waals surface area contributed by atoms with Gasteiger partial charge < -0.3 is 19.1 Å². The van der Waals surface area contributed by atoms with Gasteiger partial charge in [0.05, 0.1) is 24.8 Å². The first-order chi connectivity index (χ1) is 9.13. The molecular formula is C13H20N2O4. The number of hydrogen-bond donors (Lipinski definition) is 1. The Balaban J connectivity index is 2.02. The molecule has 0 radical (unpaired) electrons. The van der Waals surface area contributed by atoms with E-state index in [-0.39, 0.29) is 5.92 Å². The van der Waals surface area contributed by atoms with Gasteiger partial charge in [-0.25, -0.2) is 4.98 Å². The molecule has 1 atom stereocenters. The van der Waals surface area contributed by atoms with Crippen molar-refractivity contribution < 1.29 is 19.4 Å². The third-order valence-corrected chi connectivity index (χ3v) is 3.57. The van der Waals surface area contributed by atoms with Crippen LogP contribution in [0.3, 0.4) is 0 Å². The Hall–Kier alpha value is -1.40. The van der Waals surface area contributed by atoms with Gasteiger partial charge in [-0.1, -0.05) is 0 Å². The van der Waals surface area contributed by atoms with Gasteiger partial charge in [-0.3, -0.25) is 4.79 Å². The minimum atomic E-state index is -0.728. The SMILES string of the molecule is COCCOCc1nc2c(n1C)CCC(C(=O)O)C2. The fraction of sp³-hybridized carbons (Fsp3) is 0.692. The molecule has 0 saturated carbocycles. The molecule has 1 aliphatic rings. The number of nitrogens with zero attached hydrogens (tertiary/aromatic N) is 2. The summed E-state index contributed by atoms with van der Waals surface area (Å²) in [6.45, 7) is 1.53. The molecule has 1 aromatic rings. The molecule has 0 aromatic carbocycles. The fourth-order valence-electron chi connectivity index (χ4n) is 2.41. The van der Waals surface area contributed by atoms with Crippen molar-refractivity contribution in [1.29, 1.82) is 0 Å². The van der Waals surface area contributed by atoms with E-state index in [1.165, 1.54) is 0 Å². The predicted octanol–water partition coefficient (Wildman–Crippen LogP) is 0.773. The van der Waals surface area contributed by atoms with Crippen molar-refractivity contribution in [2.45, 2.75) is 25.9 Å². The second-order valence-electron chi connectivity index (χ2n) is 4.80. The number of methoxy groups -OCH3 is 1. The van der Waals surface area contributed by atoms with Crippen LogP contribution in [-0.4, -0.2) is 41.0 Å². The first-order valence-electron chi connectivity index (χ1n) is 6.46.